The van der Waals surface area contributed by atoms with Crippen LogP contribution < -0.4 is 0 Å². The molecule has 0 fully saturated rings. The van der Waals surface area contributed by atoms with Gasteiger partial charge >= 0.3 is 0 Å². The Morgan fingerprint density at radius 2 is 1.87 bits per heavy atom. The summed E-state index contributed by atoms with van der Waals surface area (Å²) in [6.45, 7) is 5.36. The number of nitrogens with zero attached hydrogens (tertiary/aromatic N) is 2. The van der Waals surface area contributed by atoms with Crippen molar-refractivity contribution >= 4 is 35.9 Å². The summed E-state index contributed by atoms with van der Waals surface area (Å²) in [5, 5.41) is 2.76. The molecular formula is C20H17N2P. The number of allylic oxidation sites excluding steroid dienone is 1. The molecule has 0 aliphatic carbocycles. The molecule has 5 rings (SSSR count). The summed E-state index contributed by atoms with van der Waals surface area (Å²) in [5.41, 5.74) is 8.14. The van der Waals surface area contributed by atoms with E-state index in [4.69, 9.17) is 0 Å². The van der Waals surface area contributed by atoms with Crippen LogP contribution in [0.15, 0.2) is 48.5 Å². The van der Waals surface area contributed by atoms with Gasteiger partial charge < -0.3 is 9.13 Å². The van der Waals surface area contributed by atoms with Crippen LogP contribution >= 0.6 is 8.19 Å². The highest BCUT2D eigenvalue weighted by atomic mass is 31.0. The van der Waals surface area contributed by atoms with Crippen molar-refractivity contribution in [3.05, 3.63) is 59.7 Å². The zero-order chi connectivity index (χ0) is 15.6. The van der Waals surface area contributed by atoms with E-state index in [-0.39, 0.29) is 0 Å². The fourth-order valence-corrected chi connectivity index (χ4v) is 5.09. The molecule has 0 bridgehead atoms. The van der Waals surface area contributed by atoms with E-state index in [1.165, 1.54) is 52.0 Å². The Bertz CT molecular complexity index is 1110. The standard InChI is InChI=1S/C20H17N2P/c1-13-8-9-15-14(2)19-20-22(11-5-10-21(19)17(15)12-13)16-6-3-4-7-18(16)23-20/h3-9,11-12H,10H2,1-2H3. The largest absolute Gasteiger partial charge is 0.335 e. The fourth-order valence-electron chi connectivity index (χ4n) is 3.73. The SMILES string of the molecule is Cc1ccc2c(C)c3n(c2c1)CC=Cn1c-3pc2ccccc21. The Balaban J connectivity index is 1.96. The molecule has 0 N–H and O–H groups in total. The van der Waals surface area contributed by atoms with E-state index in [1.54, 1.807) is 0 Å². The minimum atomic E-state index is 0.931. The van der Waals surface area contributed by atoms with Crippen LogP contribution in [0.5, 0.6) is 0 Å². The first-order valence-corrected chi connectivity index (χ1v) is 8.87. The number of benzene rings is 2. The van der Waals surface area contributed by atoms with E-state index in [0.29, 0.717) is 0 Å². The molecule has 1 aliphatic heterocycles. The van der Waals surface area contributed by atoms with Gasteiger partial charge in [0.25, 0.3) is 0 Å². The number of hydrogen-bond donors (Lipinski definition) is 0. The van der Waals surface area contributed by atoms with Gasteiger partial charge in [-0.05, 0) is 57.4 Å². The first-order chi connectivity index (χ1) is 11.2. The number of aryl methyl sites for hydroxylation is 2. The number of para-hydroxylation sites is 1. The molecule has 0 saturated carbocycles. The molecule has 2 aromatic heterocycles. The number of hydrogen-bond acceptors (Lipinski definition) is 0. The molecule has 2 nitrogen and oxygen atoms in total. The molecule has 3 heterocycles. The predicted octanol–water partition coefficient (Wildman–Crippen LogP) is 5.94. The van der Waals surface area contributed by atoms with Crippen LogP contribution in [0.4, 0.5) is 0 Å². The van der Waals surface area contributed by atoms with Crippen LogP contribution in [0.25, 0.3) is 38.9 Å². The summed E-state index contributed by atoms with van der Waals surface area (Å²) >= 11 is 0. The van der Waals surface area contributed by atoms with E-state index in [1.807, 2.05) is 0 Å². The highest BCUT2D eigenvalue weighted by Gasteiger charge is 2.21. The molecule has 23 heavy (non-hydrogen) atoms. The number of rotatable bonds is 0. The molecular weight excluding hydrogens is 299 g/mol. The zero-order valence-electron chi connectivity index (χ0n) is 13.2. The van der Waals surface area contributed by atoms with Gasteiger partial charge in [-0.15, -0.1) is 0 Å². The summed E-state index contributed by atoms with van der Waals surface area (Å²) < 4.78 is 4.84. The van der Waals surface area contributed by atoms with Crippen LogP contribution in [0.2, 0.25) is 0 Å². The van der Waals surface area contributed by atoms with Crippen LogP contribution in [0.1, 0.15) is 11.1 Å². The molecule has 2 aromatic carbocycles. The van der Waals surface area contributed by atoms with E-state index >= 15 is 0 Å². The highest BCUT2D eigenvalue weighted by Crippen LogP contribution is 2.43. The molecule has 0 unspecified atom stereocenters. The monoisotopic (exact) mass is 316 g/mol. The highest BCUT2D eigenvalue weighted by molar-refractivity contribution is 7.40. The van der Waals surface area contributed by atoms with Gasteiger partial charge in [-0.25, -0.2) is 0 Å². The average molecular weight is 316 g/mol. The minimum Gasteiger partial charge on any atom is -0.335 e. The van der Waals surface area contributed by atoms with Crippen LogP contribution in [-0.2, 0) is 6.54 Å². The molecule has 0 amide bonds. The Morgan fingerprint density at radius 3 is 2.78 bits per heavy atom. The zero-order valence-corrected chi connectivity index (χ0v) is 14.1. The van der Waals surface area contributed by atoms with E-state index in [9.17, 15) is 0 Å². The summed E-state index contributed by atoms with van der Waals surface area (Å²) in [4.78, 5) is 0. The maximum atomic E-state index is 2.47. The van der Waals surface area contributed by atoms with E-state index in [2.05, 4.69) is 77.7 Å². The third-order valence-electron chi connectivity index (χ3n) is 4.82. The predicted molar refractivity (Wildman–Crippen MR) is 100 cm³/mol. The Morgan fingerprint density at radius 1 is 1.00 bits per heavy atom. The minimum absolute atomic E-state index is 0.931. The van der Waals surface area contributed by atoms with Crippen LogP contribution in [0.3, 0.4) is 0 Å². The maximum Gasteiger partial charge on any atom is 0.0978 e. The van der Waals surface area contributed by atoms with Gasteiger partial charge in [0, 0.05) is 28.8 Å². The lowest BCUT2D eigenvalue weighted by Crippen LogP contribution is -1.97. The van der Waals surface area contributed by atoms with E-state index in [0.717, 1.165) is 6.54 Å². The smallest absolute Gasteiger partial charge is 0.0978 e. The van der Waals surface area contributed by atoms with Crippen molar-refractivity contribution < 1.29 is 0 Å². The summed E-state index contributed by atoms with van der Waals surface area (Å²) in [6.07, 6.45) is 4.51. The molecule has 4 aromatic rings. The molecule has 112 valence electrons. The quantitative estimate of drug-likeness (QED) is 0.380. The molecule has 0 saturated heterocycles. The lowest BCUT2D eigenvalue weighted by atomic mass is 10.1. The molecule has 0 atom stereocenters. The maximum absolute atomic E-state index is 2.47. The van der Waals surface area contributed by atoms with Gasteiger partial charge in [0.1, 0.15) is 0 Å². The molecule has 0 radical (unpaired) electrons. The van der Waals surface area contributed by atoms with E-state index < -0.39 is 0 Å². The second-order valence-corrected chi connectivity index (χ2v) is 7.41. The average Bonchev–Trinajstić information content (AvgIpc) is 2.96. The Hall–Kier alpha value is -2.31. The Kier molecular flexibility index (Phi) is 2.63. The van der Waals surface area contributed by atoms with Crippen molar-refractivity contribution in [1.29, 1.82) is 0 Å². The Labute approximate surface area is 136 Å². The van der Waals surface area contributed by atoms with Gasteiger partial charge in [-0.3, -0.25) is 0 Å². The molecule has 1 aliphatic rings. The summed E-state index contributed by atoms with van der Waals surface area (Å²) in [7, 11) is 1.30. The summed E-state index contributed by atoms with van der Waals surface area (Å²) in [6, 6.07) is 15.5. The molecule has 3 heteroatoms. The second kappa shape index (κ2) is 4.59. The first-order valence-electron chi connectivity index (χ1n) is 7.97. The van der Waals surface area contributed by atoms with Crippen LogP contribution in [-0.4, -0.2) is 9.13 Å². The van der Waals surface area contributed by atoms with Crippen molar-refractivity contribution in [2.24, 2.45) is 0 Å². The topological polar surface area (TPSA) is 9.86 Å². The van der Waals surface area contributed by atoms with Crippen molar-refractivity contribution in [2.75, 3.05) is 0 Å². The van der Waals surface area contributed by atoms with Gasteiger partial charge in [0.15, 0.2) is 0 Å². The van der Waals surface area contributed by atoms with Crippen molar-refractivity contribution in [3.63, 3.8) is 0 Å². The lowest BCUT2D eigenvalue weighted by Gasteiger charge is -2.07. The van der Waals surface area contributed by atoms with Crippen LogP contribution in [0, 0.1) is 13.8 Å². The normalized spacial score (nSPS) is 13.7. The van der Waals surface area contributed by atoms with Gasteiger partial charge in [-0.1, -0.05) is 24.3 Å². The van der Waals surface area contributed by atoms with Gasteiger partial charge in [0.2, 0.25) is 0 Å². The van der Waals surface area contributed by atoms with Crippen molar-refractivity contribution in [3.8, 4) is 11.1 Å². The third-order valence-corrected chi connectivity index (χ3v) is 6.08. The van der Waals surface area contributed by atoms with Crippen molar-refractivity contribution in [2.45, 2.75) is 20.4 Å². The van der Waals surface area contributed by atoms with Gasteiger partial charge in [-0.2, -0.15) is 0 Å². The van der Waals surface area contributed by atoms with Crippen molar-refractivity contribution in [1.82, 2.24) is 9.13 Å². The van der Waals surface area contributed by atoms with Gasteiger partial charge in [0.05, 0.1) is 16.6 Å². The number of fused-ring (bicyclic) bond motifs is 7. The third kappa shape index (κ3) is 1.73. The lowest BCUT2D eigenvalue weighted by molar-refractivity contribution is 0.877. The fraction of sp³-hybridized carbons (Fsp3) is 0.150. The number of aromatic nitrogens is 2. The molecule has 0 spiro atoms. The first kappa shape index (κ1) is 13.2. The second-order valence-electron chi connectivity index (χ2n) is 6.28. The summed E-state index contributed by atoms with van der Waals surface area (Å²) in [5.74, 6) is 0.